The van der Waals surface area contributed by atoms with Gasteiger partial charge in [0.15, 0.2) is 17.3 Å². The van der Waals surface area contributed by atoms with Gasteiger partial charge in [-0.2, -0.15) is 0 Å². The molecule has 0 aliphatic carbocycles. The smallest absolute Gasteiger partial charge is 0.338 e. The largest absolute Gasteiger partial charge is 0.493 e. The van der Waals surface area contributed by atoms with Gasteiger partial charge >= 0.3 is 5.97 Å². The Labute approximate surface area is 145 Å². The maximum Gasteiger partial charge on any atom is 0.338 e. The van der Waals surface area contributed by atoms with Gasteiger partial charge < -0.3 is 14.2 Å². The molecule has 0 bridgehead atoms. The van der Waals surface area contributed by atoms with Crippen molar-refractivity contribution in [2.45, 2.75) is 6.92 Å². The molecule has 0 saturated carbocycles. The molecule has 0 unspecified atom stereocenters. The summed E-state index contributed by atoms with van der Waals surface area (Å²) in [5.74, 6) is 0.709. The van der Waals surface area contributed by atoms with Crippen molar-refractivity contribution in [1.82, 2.24) is 0 Å². The van der Waals surface area contributed by atoms with Gasteiger partial charge in [0.25, 0.3) is 0 Å². The summed E-state index contributed by atoms with van der Waals surface area (Å²) in [5.41, 5.74) is 1.51. The van der Waals surface area contributed by atoms with Gasteiger partial charge in [-0.25, -0.2) is 4.79 Å². The summed E-state index contributed by atoms with van der Waals surface area (Å²) in [7, 11) is 1.47. The SMILES string of the molecule is C=C(C)C(=O)Oc1ccc(/C=C2\Oc3ccccc3C2=O)cc1OC. The number of Topliss-reactive ketones (excluding diaryl/α,β-unsaturated/α-hetero) is 1. The number of ketones is 1. The highest BCUT2D eigenvalue weighted by Crippen LogP contribution is 2.33. The van der Waals surface area contributed by atoms with Crippen molar-refractivity contribution in [2.75, 3.05) is 7.11 Å². The highest BCUT2D eigenvalue weighted by atomic mass is 16.6. The molecule has 0 amide bonds. The molecule has 25 heavy (non-hydrogen) atoms. The van der Waals surface area contributed by atoms with Gasteiger partial charge in [0.1, 0.15) is 5.75 Å². The fourth-order valence-corrected chi connectivity index (χ4v) is 2.33. The number of fused-ring (bicyclic) bond motifs is 1. The number of para-hydroxylation sites is 1. The van der Waals surface area contributed by atoms with Crippen LogP contribution in [0.25, 0.3) is 6.08 Å². The molecule has 0 atom stereocenters. The van der Waals surface area contributed by atoms with Crippen LogP contribution in [0.3, 0.4) is 0 Å². The van der Waals surface area contributed by atoms with E-state index in [9.17, 15) is 9.59 Å². The van der Waals surface area contributed by atoms with Crippen molar-refractivity contribution in [2.24, 2.45) is 0 Å². The quantitative estimate of drug-likeness (QED) is 0.483. The van der Waals surface area contributed by atoms with Crippen molar-refractivity contribution in [3.63, 3.8) is 0 Å². The molecule has 0 spiro atoms. The van der Waals surface area contributed by atoms with E-state index in [-0.39, 0.29) is 22.9 Å². The first kappa shape index (κ1) is 16.5. The first-order valence-corrected chi connectivity index (χ1v) is 7.58. The summed E-state index contributed by atoms with van der Waals surface area (Å²) in [6.07, 6.45) is 1.62. The molecule has 5 heteroatoms. The van der Waals surface area contributed by atoms with Crippen molar-refractivity contribution < 1.29 is 23.8 Å². The predicted molar refractivity (Wildman–Crippen MR) is 92.8 cm³/mol. The summed E-state index contributed by atoms with van der Waals surface area (Å²) in [5, 5.41) is 0. The zero-order valence-corrected chi connectivity index (χ0v) is 13.9. The van der Waals surface area contributed by atoms with E-state index in [1.807, 2.05) is 6.07 Å². The summed E-state index contributed by atoms with van der Waals surface area (Å²) in [6.45, 7) is 5.11. The first-order valence-electron chi connectivity index (χ1n) is 7.58. The Morgan fingerprint density at radius 1 is 1.16 bits per heavy atom. The van der Waals surface area contributed by atoms with E-state index < -0.39 is 5.97 Å². The number of esters is 1. The van der Waals surface area contributed by atoms with Crippen LogP contribution >= 0.6 is 0 Å². The maximum atomic E-state index is 12.3. The third kappa shape index (κ3) is 3.30. The van der Waals surface area contributed by atoms with Crippen LogP contribution in [0.15, 0.2) is 60.4 Å². The first-order chi connectivity index (χ1) is 12.0. The number of hydrogen-bond donors (Lipinski definition) is 0. The topological polar surface area (TPSA) is 61.8 Å². The second kappa shape index (κ2) is 6.65. The Hall–Kier alpha value is -3.34. The predicted octanol–water partition coefficient (Wildman–Crippen LogP) is 3.79. The van der Waals surface area contributed by atoms with Crippen LogP contribution in [0.2, 0.25) is 0 Å². The molecule has 3 rings (SSSR count). The molecule has 0 radical (unpaired) electrons. The minimum atomic E-state index is -0.533. The van der Waals surface area contributed by atoms with Gasteiger partial charge in [-0.05, 0) is 42.8 Å². The van der Waals surface area contributed by atoms with Crippen LogP contribution < -0.4 is 14.2 Å². The van der Waals surface area contributed by atoms with Crippen LogP contribution in [0.1, 0.15) is 22.8 Å². The number of allylic oxidation sites excluding steroid dienone is 1. The number of hydrogen-bond acceptors (Lipinski definition) is 5. The van der Waals surface area contributed by atoms with E-state index in [4.69, 9.17) is 14.2 Å². The van der Waals surface area contributed by atoms with E-state index in [1.54, 1.807) is 49.4 Å². The normalized spacial score (nSPS) is 14.0. The van der Waals surface area contributed by atoms with E-state index in [0.717, 1.165) is 0 Å². The van der Waals surface area contributed by atoms with Gasteiger partial charge in [0.05, 0.1) is 12.7 Å². The zero-order valence-electron chi connectivity index (χ0n) is 13.9. The van der Waals surface area contributed by atoms with Crippen molar-refractivity contribution >= 4 is 17.8 Å². The summed E-state index contributed by atoms with van der Waals surface area (Å²) < 4.78 is 16.1. The Kier molecular flexibility index (Phi) is 4.39. The van der Waals surface area contributed by atoms with E-state index in [2.05, 4.69) is 6.58 Å². The monoisotopic (exact) mass is 336 g/mol. The third-order valence-corrected chi connectivity index (χ3v) is 3.61. The van der Waals surface area contributed by atoms with Crippen molar-refractivity contribution in [3.8, 4) is 17.2 Å². The average molecular weight is 336 g/mol. The average Bonchev–Trinajstić information content (AvgIpc) is 2.92. The molecule has 5 nitrogen and oxygen atoms in total. The van der Waals surface area contributed by atoms with Crippen LogP contribution in [-0.4, -0.2) is 18.9 Å². The lowest BCUT2D eigenvalue weighted by molar-refractivity contribution is -0.130. The second-order valence-corrected chi connectivity index (χ2v) is 5.52. The molecular formula is C20H16O5. The molecule has 126 valence electrons. The minimum Gasteiger partial charge on any atom is -0.493 e. The maximum absolute atomic E-state index is 12.3. The zero-order chi connectivity index (χ0) is 18.0. The number of carbonyl (C=O) groups excluding carboxylic acids is 2. The van der Waals surface area contributed by atoms with Gasteiger partial charge in [0, 0.05) is 5.57 Å². The minimum absolute atomic E-state index is 0.174. The van der Waals surface area contributed by atoms with Crippen LogP contribution in [0.5, 0.6) is 17.2 Å². The second-order valence-electron chi connectivity index (χ2n) is 5.52. The molecule has 2 aromatic rings. The lowest BCUT2D eigenvalue weighted by Gasteiger charge is -2.10. The van der Waals surface area contributed by atoms with E-state index >= 15 is 0 Å². The molecule has 0 N–H and O–H groups in total. The number of ether oxygens (including phenoxy) is 3. The molecule has 1 heterocycles. The molecule has 1 aliphatic rings. The van der Waals surface area contributed by atoms with Gasteiger partial charge in [0.2, 0.25) is 5.78 Å². The van der Waals surface area contributed by atoms with Crippen LogP contribution in [0.4, 0.5) is 0 Å². The van der Waals surface area contributed by atoms with Crippen molar-refractivity contribution in [1.29, 1.82) is 0 Å². The highest BCUT2D eigenvalue weighted by Gasteiger charge is 2.26. The Morgan fingerprint density at radius 3 is 2.60 bits per heavy atom. The number of methoxy groups -OCH3 is 1. The molecular weight excluding hydrogens is 320 g/mol. The number of carbonyl (C=O) groups is 2. The Bertz CT molecular complexity index is 908. The molecule has 1 aliphatic heterocycles. The Balaban J connectivity index is 1.88. The van der Waals surface area contributed by atoms with Crippen molar-refractivity contribution in [3.05, 3.63) is 71.5 Å². The summed E-state index contributed by atoms with van der Waals surface area (Å²) in [4.78, 5) is 24.0. The molecule has 0 saturated heterocycles. The summed E-state index contributed by atoms with van der Waals surface area (Å²) >= 11 is 0. The van der Waals surface area contributed by atoms with Gasteiger partial charge in [-0.1, -0.05) is 24.8 Å². The Morgan fingerprint density at radius 2 is 1.92 bits per heavy atom. The van der Waals surface area contributed by atoms with Crippen LogP contribution in [-0.2, 0) is 4.79 Å². The third-order valence-electron chi connectivity index (χ3n) is 3.61. The van der Waals surface area contributed by atoms with Gasteiger partial charge in [-0.3, -0.25) is 4.79 Å². The highest BCUT2D eigenvalue weighted by molar-refractivity contribution is 6.14. The molecule has 2 aromatic carbocycles. The molecule has 0 aromatic heterocycles. The van der Waals surface area contributed by atoms with Gasteiger partial charge in [-0.15, -0.1) is 0 Å². The fourth-order valence-electron chi connectivity index (χ4n) is 2.33. The summed E-state index contributed by atoms with van der Waals surface area (Å²) in [6, 6.07) is 12.0. The standard InChI is InChI=1S/C20H16O5/c1-12(2)20(22)25-16-9-8-13(10-17(16)23-3)11-18-19(21)14-6-4-5-7-15(14)24-18/h4-11H,1H2,2-3H3/b18-11-. The number of rotatable bonds is 4. The lowest BCUT2D eigenvalue weighted by Crippen LogP contribution is -2.09. The molecule has 0 fully saturated rings. The van der Waals surface area contributed by atoms with E-state index in [1.165, 1.54) is 7.11 Å². The van der Waals surface area contributed by atoms with Crippen LogP contribution in [0, 0.1) is 0 Å². The number of benzene rings is 2. The fraction of sp³-hybridized carbons (Fsp3) is 0.100. The lowest BCUT2D eigenvalue weighted by atomic mass is 10.1. The van der Waals surface area contributed by atoms with E-state index in [0.29, 0.717) is 22.6 Å².